The second-order valence-electron chi connectivity index (χ2n) is 3.56. The van der Waals surface area contributed by atoms with Crippen LogP contribution in [0.5, 0.6) is 0 Å². The van der Waals surface area contributed by atoms with Gasteiger partial charge in [0.05, 0.1) is 5.69 Å². The molecule has 0 aliphatic carbocycles. The molecular formula is C9H14N6O. The molecule has 2 heterocycles. The molecule has 2 aromatic heterocycles. The number of nitrogens with zero attached hydrogens (tertiary/aromatic N) is 5. The van der Waals surface area contributed by atoms with Crippen molar-refractivity contribution >= 4 is 5.82 Å². The maximum atomic E-state index is 5.73. The average Bonchev–Trinajstić information content (AvgIpc) is 2.79. The van der Waals surface area contributed by atoms with Gasteiger partial charge in [-0.2, -0.15) is 4.98 Å². The zero-order valence-electron chi connectivity index (χ0n) is 9.34. The summed E-state index contributed by atoms with van der Waals surface area (Å²) in [6, 6.07) is 0. The van der Waals surface area contributed by atoms with E-state index in [1.54, 1.807) is 11.6 Å². The van der Waals surface area contributed by atoms with Crippen LogP contribution >= 0.6 is 0 Å². The first-order chi connectivity index (χ1) is 7.70. The molecule has 0 radical (unpaired) electrons. The first-order valence-electron chi connectivity index (χ1n) is 5.17. The number of anilines is 1. The van der Waals surface area contributed by atoms with E-state index in [1.807, 2.05) is 0 Å². The van der Waals surface area contributed by atoms with Crippen molar-refractivity contribution in [3.05, 3.63) is 17.4 Å². The first-order valence-corrected chi connectivity index (χ1v) is 5.17. The molecule has 0 amide bonds. The highest BCUT2D eigenvalue weighted by Gasteiger charge is 2.11. The number of hydrogen-bond donors (Lipinski definition) is 1. The Bertz CT molecular complexity index is 474. The van der Waals surface area contributed by atoms with E-state index in [0.29, 0.717) is 24.1 Å². The molecule has 7 nitrogen and oxygen atoms in total. The van der Waals surface area contributed by atoms with Gasteiger partial charge in [-0.3, -0.25) is 0 Å². The van der Waals surface area contributed by atoms with Gasteiger partial charge in [0.1, 0.15) is 6.54 Å². The van der Waals surface area contributed by atoms with E-state index in [4.69, 9.17) is 10.3 Å². The summed E-state index contributed by atoms with van der Waals surface area (Å²) < 4.78 is 6.60. The smallest absolute Gasteiger partial charge is 0.223 e. The lowest BCUT2D eigenvalue weighted by Crippen LogP contribution is -2.08. The summed E-state index contributed by atoms with van der Waals surface area (Å²) in [6.45, 7) is 4.27. The van der Waals surface area contributed by atoms with Crippen LogP contribution in [0.2, 0.25) is 0 Å². The molecule has 0 saturated heterocycles. The summed E-state index contributed by atoms with van der Waals surface area (Å²) in [5.41, 5.74) is 6.65. The first kappa shape index (κ1) is 10.6. The third kappa shape index (κ3) is 2.02. The van der Waals surface area contributed by atoms with Gasteiger partial charge in [0.25, 0.3) is 0 Å². The van der Waals surface area contributed by atoms with Crippen LogP contribution in [0.1, 0.15) is 30.8 Å². The van der Waals surface area contributed by atoms with Gasteiger partial charge in [-0.25, -0.2) is 4.68 Å². The van der Waals surface area contributed by atoms with Crippen LogP contribution in [0.25, 0.3) is 0 Å². The highest BCUT2D eigenvalue weighted by molar-refractivity contribution is 5.33. The van der Waals surface area contributed by atoms with Gasteiger partial charge in [-0.05, 0) is 6.42 Å². The Balaban J connectivity index is 2.20. The number of aromatic nitrogens is 5. The SMILES string of the molecule is CCCc1c(N)nnn1Cc1noc(C)n1. The van der Waals surface area contributed by atoms with Crippen molar-refractivity contribution in [3.8, 4) is 0 Å². The maximum Gasteiger partial charge on any atom is 0.223 e. The van der Waals surface area contributed by atoms with Gasteiger partial charge < -0.3 is 10.3 Å². The predicted octanol–water partition coefficient (Wildman–Crippen LogP) is 0.553. The van der Waals surface area contributed by atoms with Crippen LogP contribution in [0.4, 0.5) is 5.82 Å². The van der Waals surface area contributed by atoms with Crippen molar-refractivity contribution in [2.24, 2.45) is 0 Å². The Morgan fingerprint density at radius 2 is 2.25 bits per heavy atom. The van der Waals surface area contributed by atoms with Crippen LogP contribution in [-0.4, -0.2) is 25.1 Å². The van der Waals surface area contributed by atoms with Gasteiger partial charge in [-0.1, -0.05) is 23.7 Å². The molecule has 0 aliphatic rings. The fraction of sp³-hybridized carbons (Fsp3) is 0.556. The topological polar surface area (TPSA) is 95.7 Å². The molecule has 2 N–H and O–H groups in total. The lowest BCUT2D eigenvalue weighted by Gasteiger charge is -2.02. The second kappa shape index (κ2) is 4.30. The second-order valence-corrected chi connectivity index (χ2v) is 3.56. The Morgan fingerprint density at radius 1 is 1.44 bits per heavy atom. The molecule has 0 unspecified atom stereocenters. The quantitative estimate of drug-likeness (QED) is 0.811. The normalized spacial score (nSPS) is 10.9. The molecule has 0 spiro atoms. The molecule has 0 atom stereocenters. The molecule has 7 heteroatoms. The monoisotopic (exact) mass is 222 g/mol. The van der Waals surface area contributed by atoms with Crippen LogP contribution in [0, 0.1) is 6.92 Å². The summed E-state index contributed by atoms with van der Waals surface area (Å²) >= 11 is 0. The lowest BCUT2D eigenvalue weighted by molar-refractivity contribution is 0.384. The van der Waals surface area contributed by atoms with E-state index in [1.165, 1.54) is 0 Å². The fourth-order valence-corrected chi connectivity index (χ4v) is 1.51. The molecule has 0 saturated carbocycles. The highest BCUT2D eigenvalue weighted by Crippen LogP contribution is 2.11. The summed E-state index contributed by atoms with van der Waals surface area (Å²) in [4.78, 5) is 4.11. The molecule has 0 fully saturated rings. The van der Waals surface area contributed by atoms with E-state index < -0.39 is 0 Å². The fourth-order valence-electron chi connectivity index (χ4n) is 1.51. The molecule has 16 heavy (non-hydrogen) atoms. The van der Waals surface area contributed by atoms with Gasteiger partial charge in [0.15, 0.2) is 11.6 Å². The van der Waals surface area contributed by atoms with Crippen molar-refractivity contribution in [2.75, 3.05) is 5.73 Å². The molecule has 0 aliphatic heterocycles. The molecule has 2 aromatic rings. The largest absolute Gasteiger partial charge is 0.381 e. The van der Waals surface area contributed by atoms with E-state index in [2.05, 4.69) is 27.4 Å². The van der Waals surface area contributed by atoms with E-state index in [-0.39, 0.29) is 0 Å². The lowest BCUT2D eigenvalue weighted by atomic mass is 10.2. The van der Waals surface area contributed by atoms with Crippen molar-refractivity contribution in [3.63, 3.8) is 0 Å². The number of nitrogens with two attached hydrogens (primary N) is 1. The van der Waals surface area contributed by atoms with Crippen molar-refractivity contribution < 1.29 is 4.52 Å². The molecule has 0 bridgehead atoms. The van der Waals surface area contributed by atoms with E-state index in [0.717, 1.165) is 18.5 Å². The van der Waals surface area contributed by atoms with Crippen LogP contribution in [0.15, 0.2) is 4.52 Å². The van der Waals surface area contributed by atoms with Gasteiger partial charge in [0, 0.05) is 6.92 Å². The van der Waals surface area contributed by atoms with Gasteiger partial charge in [0.2, 0.25) is 5.89 Å². The average molecular weight is 222 g/mol. The zero-order valence-corrected chi connectivity index (χ0v) is 9.34. The van der Waals surface area contributed by atoms with Crippen molar-refractivity contribution in [1.82, 2.24) is 25.1 Å². The number of aryl methyl sites for hydroxylation is 1. The van der Waals surface area contributed by atoms with Crippen molar-refractivity contribution in [2.45, 2.75) is 33.2 Å². The predicted molar refractivity (Wildman–Crippen MR) is 56.6 cm³/mol. The number of rotatable bonds is 4. The summed E-state index contributed by atoms with van der Waals surface area (Å²) in [5.74, 6) is 1.60. The molecule has 86 valence electrons. The maximum absolute atomic E-state index is 5.73. The van der Waals surface area contributed by atoms with E-state index in [9.17, 15) is 0 Å². The van der Waals surface area contributed by atoms with Crippen LogP contribution in [0.3, 0.4) is 0 Å². The van der Waals surface area contributed by atoms with Gasteiger partial charge in [-0.15, -0.1) is 5.10 Å². The minimum Gasteiger partial charge on any atom is -0.381 e. The summed E-state index contributed by atoms with van der Waals surface area (Å²) in [6.07, 6.45) is 1.83. The van der Waals surface area contributed by atoms with Gasteiger partial charge >= 0.3 is 0 Å². The van der Waals surface area contributed by atoms with Crippen molar-refractivity contribution in [1.29, 1.82) is 0 Å². The van der Waals surface area contributed by atoms with E-state index >= 15 is 0 Å². The number of nitrogen functional groups attached to an aromatic ring is 1. The summed E-state index contributed by atoms with van der Waals surface area (Å²) in [5, 5.41) is 11.6. The standard InChI is InChI=1S/C9H14N6O/c1-3-4-7-9(10)12-14-15(7)5-8-11-6(2)16-13-8/h3-5,10H2,1-2H3. The highest BCUT2D eigenvalue weighted by atomic mass is 16.5. The Hall–Kier alpha value is -1.92. The third-order valence-electron chi connectivity index (χ3n) is 2.22. The Morgan fingerprint density at radius 3 is 2.88 bits per heavy atom. The van der Waals surface area contributed by atoms with Crippen LogP contribution < -0.4 is 5.73 Å². The Labute approximate surface area is 92.6 Å². The zero-order chi connectivity index (χ0) is 11.5. The minimum atomic E-state index is 0.441. The Kier molecular flexibility index (Phi) is 2.84. The minimum absolute atomic E-state index is 0.441. The molecule has 2 rings (SSSR count). The molecule has 0 aromatic carbocycles. The number of hydrogen-bond acceptors (Lipinski definition) is 6. The summed E-state index contributed by atoms with van der Waals surface area (Å²) in [7, 11) is 0. The van der Waals surface area contributed by atoms with Crippen LogP contribution in [-0.2, 0) is 13.0 Å². The third-order valence-corrected chi connectivity index (χ3v) is 2.22. The molecular weight excluding hydrogens is 208 g/mol.